The molecule has 0 aromatic heterocycles. The molecule has 1 N–H and O–H groups in total. The van der Waals surface area contributed by atoms with Gasteiger partial charge >= 0.3 is 0 Å². The average Bonchev–Trinajstić information content (AvgIpc) is 2.78. The first kappa shape index (κ1) is 21.4. The van der Waals surface area contributed by atoms with Crippen LogP contribution >= 0.6 is 0 Å². The second-order valence-electron chi connectivity index (χ2n) is 9.64. The minimum Gasteiger partial charge on any atom is -0.355 e. The zero-order valence-corrected chi connectivity index (χ0v) is 18.4. The van der Waals surface area contributed by atoms with Crippen molar-refractivity contribution >= 4 is 11.8 Å². The first-order valence-corrected chi connectivity index (χ1v) is 12.0. The van der Waals surface area contributed by atoms with Crippen LogP contribution in [0.5, 0.6) is 0 Å². The molecule has 164 valence electrons. The molecule has 0 radical (unpaired) electrons. The Morgan fingerprint density at radius 2 is 1.73 bits per heavy atom. The zero-order valence-electron chi connectivity index (χ0n) is 18.4. The van der Waals surface area contributed by atoms with Gasteiger partial charge < -0.3 is 10.2 Å². The highest BCUT2D eigenvalue weighted by Gasteiger charge is 2.37. The summed E-state index contributed by atoms with van der Waals surface area (Å²) in [6, 6.07) is 7.95. The van der Waals surface area contributed by atoms with Gasteiger partial charge in [-0.25, -0.2) is 0 Å². The van der Waals surface area contributed by atoms with Crippen molar-refractivity contribution in [3.63, 3.8) is 0 Å². The Hall–Kier alpha value is -1.88. The number of carbonyl (C=O) groups excluding carboxylic acids is 2. The van der Waals surface area contributed by atoms with Gasteiger partial charge in [0.05, 0.1) is 6.54 Å². The van der Waals surface area contributed by atoms with Crippen LogP contribution in [0.2, 0.25) is 0 Å². The molecule has 1 saturated heterocycles. The monoisotopic (exact) mass is 411 g/mol. The second-order valence-corrected chi connectivity index (χ2v) is 9.64. The molecule has 0 bridgehead atoms. The number of benzene rings is 1. The van der Waals surface area contributed by atoms with Gasteiger partial charge in [-0.15, -0.1) is 0 Å². The summed E-state index contributed by atoms with van der Waals surface area (Å²) < 4.78 is 0. The van der Waals surface area contributed by atoms with Crippen LogP contribution in [0.1, 0.15) is 69.0 Å². The van der Waals surface area contributed by atoms with E-state index >= 15 is 0 Å². The number of hydrogen-bond donors (Lipinski definition) is 1. The number of nitrogens with zero attached hydrogens (tertiary/aromatic N) is 2. The first-order chi connectivity index (χ1) is 14.6. The number of fused-ring (bicyclic) bond motifs is 1. The average molecular weight is 412 g/mol. The van der Waals surface area contributed by atoms with Crippen LogP contribution in [0.4, 0.5) is 0 Å². The summed E-state index contributed by atoms with van der Waals surface area (Å²) in [5.41, 5.74) is 2.34. The van der Waals surface area contributed by atoms with E-state index in [1.54, 1.807) is 0 Å². The van der Waals surface area contributed by atoms with Crippen LogP contribution in [-0.4, -0.2) is 54.3 Å². The number of rotatable bonds is 5. The van der Waals surface area contributed by atoms with E-state index in [-0.39, 0.29) is 17.9 Å². The third kappa shape index (κ3) is 5.05. The van der Waals surface area contributed by atoms with Crippen molar-refractivity contribution in [3.05, 3.63) is 35.4 Å². The van der Waals surface area contributed by atoms with Crippen LogP contribution in [0.3, 0.4) is 0 Å². The standard InChI is InChI=1S/C25H37N3O2/c1-19-11-14-27(15-12-19)25(30)24-22-10-6-5-9-21(22)13-16-28(24)18-23(29)26-17-20-7-3-2-4-8-20/h5-6,9-10,19-20,24H,2-4,7-8,11-18H2,1H3,(H,26,29)/t24-/m0/s1. The first-order valence-electron chi connectivity index (χ1n) is 12.0. The van der Waals surface area contributed by atoms with Crippen molar-refractivity contribution in [2.45, 2.75) is 64.3 Å². The maximum atomic E-state index is 13.6. The Morgan fingerprint density at radius 1 is 1.00 bits per heavy atom. The van der Waals surface area contributed by atoms with Crippen LogP contribution in [0.25, 0.3) is 0 Å². The molecule has 5 nitrogen and oxygen atoms in total. The highest BCUT2D eigenvalue weighted by atomic mass is 16.2. The van der Waals surface area contributed by atoms with Crippen molar-refractivity contribution in [1.29, 1.82) is 0 Å². The quantitative estimate of drug-likeness (QED) is 0.806. The Morgan fingerprint density at radius 3 is 2.50 bits per heavy atom. The van der Waals surface area contributed by atoms with Gasteiger partial charge in [0.1, 0.15) is 6.04 Å². The Labute approximate surface area is 181 Å². The number of nitrogens with one attached hydrogen (secondary N) is 1. The molecule has 2 aliphatic heterocycles. The molecule has 3 aliphatic rings. The lowest BCUT2D eigenvalue weighted by Gasteiger charge is -2.40. The largest absolute Gasteiger partial charge is 0.355 e. The van der Waals surface area contributed by atoms with Gasteiger partial charge in [0.25, 0.3) is 0 Å². The summed E-state index contributed by atoms with van der Waals surface area (Å²) in [7, 11) is 0. The fourth-order valence-corrected chi connectivity index (χ4v) is 5.37. The van der Waals surface area contributed by atoms with Crippen LogP contribution < -0.4 is 5.32 Å². The van der Waals surface area contributed by atoms with E-state index in [4.69, 9.17) is 0 Å². The molecule has 0 spiro atoms. The van der Waals surface area contributed by atoms with E-state index in [1.165, 1.54) is 37.7 Å². The summed E-state index contributed by atoms with van der Waals surface area (Å²) >= 11 is 0. The van der Waals surface area contributed by atoms with Gasteiger partial charge in [-0.1, -0.05) is 50.5 Å². The van der Waals surface area contributed by atoms with Gasteiger partial charge in [-0.3, -0.25) is 14.5 Å². The summed E-state index contributed by atoms with van der Waals surface area (Å²) in [4.78, 5) is 30.5. The lowest BCUT2D eigenvalue weighted by atomic mass is 9.89. The van der Waals surface area contributed by atoms with Gasteiger partial charge in [-0.2, -0.15) is 0 Å². The van der Waals surface area contributed by atoms with Crippen molar-refractivity contribution in [1.82, 2.24) is 15.1 Å². The molecule has 2 fully saturated rings. The molecule has 1 aromatic rings. The van der Waals surface area contributed by atoms with E-state index in [1.807, 2.05) is 11.0 Å². The summed E-state index contributed by atoms with van der Waals surface area (Å²) in [5.74, 6) is 1.55. The van der Waals surface area contributed by atoms with Crippen LogP contribution in [-0.2, 0) is 16.0 Å². The molecule has 2 heterocycles. The van der Waals surface area contributed by atoms with Crippen molar-refractivity contribution in [2.24, 2.45) is 11.8 Å². The number of likely N-dealkylation sites (tertiary alicyclic amines) is 1. The lowest BCUT2D eigenvalue weighted by molar-refractivity contribution is -0.140. The van der Waals surface area contributed by atoms with Crippen LogP contribution in [0.15, 0.2) is 24.3 Å². The number of amides is 2. The molecule has 1 saturated carbocycles. The highest BCUT2D eigenvalue weighted by molar-refractivity contribution is 5.85. The fraction of sp³-hybridized carbons (Fsp3) is 0.680. The fourth-order valence-electron chi connectivity index (χ4n) is 5.37. The Bertz CT molecular complexity index is 736. The molecule has 5 heteroatoms. The Balaban J connectivity index is 1.44. The van der Waals surface area contributed by atoms with Gasteiger partial charge in [0.15, 0.2) is 0 Å². The number of carbonyl (C=O) groups is 2. The van der Waals surface area contributed by atoms with E-state index < -0.39 is 0 Å². The maximum absolute atomic E-state index is 13.6. The molecule has 1 aromatic carbocycles. The zero-order chi connectivity index (χ0) is 20.9. The van der Waals surface area contributed by atoms with Gasteiger partial charge in [-0.05, 0) is 55.1 Å². The SMILES string of the molecule is CC1CCN(C(=O)[C@@H]2c3ccccc3CCN2CC(=O)NCC2CCCCC2)CC1. The molecule has 0 unspecified atom stereocenters. The van der Waals surface area contributed by atoms with Crippen molar-refractivity contribution in [2.75, 3.05) is 32.7 Å². The highest BCUT2D eigenvalue weighted by Crippen LogP contribution is 2.32. The third-order valence-electron chi connectivity index (χ3n) is 7.37. The van der Waals surface area contributed by atoms with Crippen LogP contribution in [0, 0.1) is 11.8 Å². The molecular formula is C25H37N3O2. The third-order valence-corrected chi connectivity index (χ3v) is 7.37. The predicted molar refractivity (Wildman–Crippen MR) is 119 cm³/mol. The van der Waals surface area contributed by atoms with E-state index in [0.29, 0.717) is 18.4 Å². The van der Waals surface area contributed by atoms with E-state index in [0.717, 1.165) is 51.0 Å². The summed E-state index contributed by atoms with van der Waals surface area (Å²) in [6.07, 6.45) is 9.40. The second kappa shape index (κ2) is 9.95. The Kier molecular flexibility index (Phi) is 7.08. The molecule has 1 atom stereocenters. The summed E-state index contributed by atoms with van der Waals surface area (Å²) in [5, 5.41) is 3.16. The van der Waals surface area contributed by atoms with Gasteiger partial charge in [0.2, 0.25) is 11.8 Å². The maximum Gasteiger partial charge on any atom is 0.244 e. The summed E-state index contributed by atoms with van der Waals surface area (Å²) in [6.45, 7) is 5.78. The lowest BCUT2D eigenvalue weighted by Crippen LogP contribution is -2.51. The van der Waals surface area contributed by atoms with Gasteiger partial charge in [0, 0.05) is 26.2 Å². The predicted octanol–water partition coefficient (Wildman–Crippen LogP) is 3.54. The van der Waals surface area contributed by atoms with Crippen molar-refractivity contribution < 1.29 is 9.59 Å². The number of hydrogen-bond acceptors (Lipinski definition) is 3. The number of piperidine rings is 1. The van der Waals surface area contributed by atoms with E-state index in [9.17, 15) is 9.59 Å². The molecule has 2 amide bonds. The minimum atomic E-state index is -0.330. The normalized spacial score (nSPS) is 23.8. The smallest absolute Gasteiger partial charge is 0.244 e. The van der Waals surface area contributed by atoms with E-state index in [2.05, 4.69) is 35.3 Å². The molecule has 30 heavy (non-hydrogen) atoms. The molecule has 1 aliphatic carbocycles. The molecule has 4 rings (SSSR count). The molecular weight excluding hydrogens is 374 g/mol. The minimum absolute atomic E-state index is 0.0602. The topological polar surface area (TPSA) is 52.7 Å². The van der Waals surface area contributed by atoms with Crippen molar-refractivity contribution in [3.8, 4) is 0 Å².